The van der Waals surface area contributed by atoms with Crippen LogP contribution in [-0.4, -0.2) is 60.1 Å². The summed E-state index contributed by atoms with van der Waals surface area (Å²) in [5.74, 6) is -4.88. The molecule has 0 unspecified atom stereocenters. The van der Waals surface area contributed by atoms with Crippen LogP contribution in [-0.2, 0) is 41.9 Å². The molecule has 2 N–H and O–H groups in total. The number of β-lactam (4-membered cyclic amide) rings is 1. The number of hydrogen-bond donors (Lipinski definition) is 2. The molecule has 1 aromatic rings. The van der Waals surface area contributed by atoms with Crippen LogP contribution in [0.4, 0.5) is 4.79 Å². The van der Waals surface area contributed by atoms with Gasteiger partial charge in [-0.1, -0.05) is 24.3 Å². The third-order valence-corrected chi connectivity index (χ3v) is 6.61. The largest absolute Gasteiger partial charge is 1.00 e. The van der Waals surface area contributed by atoms with Gasteiger partial charge < -0.3 is 25.1 Å². The Morgan fingerprint density at radius 2 is 1.94 bits per heavy atom. The van der Waals surface area contributed by atoms with E-state index < -0.39 is 63.1 Å². The van der Waals surface area contributed by atoms with Gasteiger partial charge in [0.1, 0.15) is 12.5 Å². The number of ether oxygens (including phenoxy) is 1. The first-order chi connectivity index (χ1) is 14.1. The number of rotatable bonds is 7. The van der Waals surface area contributed by atoms with E-state index in [-0.39, 0.29) is 42.5 Å². The van der Waals surface area contributed by atoms with Gasteiger partial charge in [0.15, 0.2) is 15.2 Å². The zero-order valence-electron chi connectivity index (χ0n) is 16.4. The normalized spacial score (nSPS) is 21.0. The predicted molar refractivity (Wildman–Crippen MR) is 97.0 cm³/mol. The van der Waals surface area contributed by atoms with Gasteiger partial charge in [0, 0.05) is 6.54 Å². The first kappa shape index (κ1) is 24.9. The monoisotopic (exact) mass is 460 g/mol. The minimum Gasteiger partial charge on any atom is -0.543 e. The number of sulfone groups is 1. The third-order valence-electron chi connectivity index (χ3n) is 4.71. The van der Waals surface area contributed by atoms with Gasteiger partial charge in [0.05, 0.1) is 23.8 Å². The number of carbonyl (C=O) groups is 4. The van der Waals surface area contributed by atoms with Crippen molar-refractivity contribution in [3.05, 3.63) is 47.2 Å². The van der Waals surface area contributed by atoms with Crippen molar-refractivity contribution in [3.8, 4) is 0 Å². The van der Waals surface area contributed by atoms with Gasteiger partial charge in [-0.2, -0.15) is 0 Å². The molecule has 2 atom stereocenters. The summed E-state index contributed by atoms with van der Waals surface area (Å²) < 4.78 is 29.5. The number of carboxylic acid groups (broad SMARTS) is 2. The molecule has 0 saturated carbocycles. The Morgan fingerprint density at radius 1 is 1.26 bits per heavy atom. The minimum absolute atomic E-state index is 0. The maximum absolute atomic E-state index is 12.2. The zero-order valence-corrected chi connectivity index (χ0v) is 19.3. The number of benzene rings is 1. The van der Waals surface area contributed by atoms with E-state index in [1.54, 1.807) is 24.3 Å². The van der Waals surface area contributed by atoms with E-state index in [0.717, 1.165) is 6.08 Å². The maximum Gasteiger partial charge on any atom is 1.00 e. The molecule has 2 amide bonds. The number of aliphatic carboxylic acids is 1. The van der Waals surface area contributed by atoms with Crippen LogP contribution in [0.15, 0.2) is 36.0 Å². The second-order valence-electron chi connectivity index (χ2n) is 6.75. The molecule has 0 radical (unpaired) electrons. The first-order valence-corrected chi connectivity index (χ1v) is 10.5. The van der Waals surface area contributed by atoms with Crippen LogP contribution in [0.2, 0.25) is 0 Å². The van der Waals surface area contributed by atoms with Crippen molar-refractivity contribution in [2.24, 2.45) is 5.92 Å². The number of esters is 1. The zero-order chi connectivity index (χ0) is 22.1. The van der Waals surface area contributed by atoms with Gasteiger partial charge in [-0.25, -0.2) is 13.2 Å². The fraction of sp³-hybridized carbons (Fsp3) is 0.333. The number of amides is 2. The van der Waals surface area contributed by atoms with Crippen LogP contribution in [0.25, 0.3) is 0 Å². The molecule has 0 aliphatic carbocycles. The van der Waals surface area contributed by atoms with Crippen molar-refractivity contribution >= 4 is 33.8 Å². The molecule has 11 nitrogen and oxygen atoms in total. The molecule has 3 rings (SSSR count). The molecular formula is C18H17N2NaO9S. The van der Waals surface area contributed by atoms with Crippen molar-refractivity contribution in [2.45, 2.75) is 18.3 Å². The summed E-state index contributed by atoms with van der Waals surface area (Å²) in [6.45, 7) is -0.447. The number of hydrogen-bond acceptors (Lipinski definition) is 8. The van der Waals surface area contributed by atoms with Crippen LogP contribution in [0.3, 0.4) is 0 Å². The fourth-order valence-corrected chi connectivity index (χ4v) is 5.17. The van der Waals surface area contributed by atoms with Gasteiger partial charge in [-0.3, -0.25) is 14.5 Å². The summed E-state index contributed by atoms with van der Waals surface area (Å²) in [6.07, 6.45) is -0.450. The molecule has 31 heavy (non-hydrogen) atoms. The van der Waals surface area contributed by atoms with Gasteiger partial charge in [0.2, 0.25) is 5.91 Å². The fourth-order valence-electron chi connectivity index (χ4n) is 3.35. The van der Waals surface area contributed by atoms with E-state index in [1.807, 2.05) is 0 Å². The quantitative estimate of drug-likeness (QED) is 0.231. The number of nitrogens with zero attached hydrogens (tertiary/aromatic N) is 1. The summed E-state index contributed by atoms with van der Waals surface area (Å²) in [5.41, 5.74) is 0.662. The summed E-state index contributed by atoms with van der Waals surface area (Å²) in [5, 5.41) is 20.5. The van der Waals surface area contributed by atoms with E-state index in [2.05, 4.69) is 5.32 Å². The smallest absolute Gasteiger partial charge is 0.543 e. The Kier molecular flexibility index (Phi) is 7.87. The maximum atomic E-state index is 12.2. The van der Waals surface area contributed by atoms with E-state index in [0.29, 0.717) is 16.0 Å². The average Bonchev–Trinajstić information content (AvgIpc) is 2.66. The van der Waals surface area contributed by atoms with E-state index in [4.69, 9.17) is 9.84 Å². The second kappa shape index (κ2) is 9.81. The number of carboxylic acids is 1. The van der Waals surface area contributed by atoms with Crippen molar-refractivity contribution < 1.29 is 72.1 Å². The van der Waals surface area contributed by atoms with Crippen LogP contribution in [0, 0.1) is 5.92 Å². The Hall–Kier alpha value is -2.41. The molecule has 0 bridgehead atoms. The van der Waals surface area contributed by atoms with Crippen LogP contribution >= 0.6 is 0 Å². The topological polar surface area (TPSA) is 170 Å². The van der Waals surface area contributed by atoms with Crippen molar-refractivity contribution in [1.82, 2.24) is 10.2 Å². The first-order valence-electron chi connectivity index (χ1n) is 8.76. The molecule has 0 aromatic heterocycles. The molecule has 0 spiro atoms. The minimum atomic E-state index is -3.81. The summed E-state index contributed by atoms with van der Waals surface area (Å²) in [4.78, 5) is 46.6. The molecule has 1 saturated heterocycles. The summed E-state index contributed by atoms with van der Waals surface area (Å²) >= 11 is 0. The Morgan fingerprint density at radius 3 is 2.58 bits per heavy atom. The number of carbonyl (C=O) groups excluding carboxylic acids is 3. The van der Waals surface area contributed by atoms with E-state index in [1.165, 1.54) is 0 Å². The number of fused-ring (bicyclic) bond motifs is 1. The third kappa shape index (κ3) is 5.45. The molecular weight excluding hydrogens is 443 g/mol. The molecule has 160 valence electrons. The molecule has 1 fully saturated rings. The Labute approximate surface area is 199 Å². The molecule has 13 heteroatoms. The van der Waals surface area contributed by atoms with Crippen molar-refractivity contribution in [1.29, 1.82) is 0 Å². The van der Waals surface area contributed by atoms with Gasteiger partial charge >= 0.3 is 41.6 Å². The SMILES string of the molecule is O=C(O)NCc1cccc(CC(=O)OC[C@@H]2C(=O)N3C(C(=O)[O-])=CCS(=O)(=O)[C@@H]23)c1.[Na+]. The summed E-state index contributed by atoms with van der Waals surface area (Å²) in [7, 11) is -3.81. The average molecular weight is 460 g/mol. The van der Waals surface area contributed by atoms with Crippen LogP contribution in [0.5, 0.6) is 0 Å². The van der Waals surface area contributed by atoms with E-state index >= 15 is 0 Å². The van der Waals surface area contributed by atoms with Gasteiger partial charge in [0.25, 0.3) is 0 Å². The van der Waals surface area contributed by atoms with E-state index in [9.17, 15) is 32.7 Å². The van der Waals surface area contributed by atoms with Crippen molar-refractivity contribution in [3.63, 3.8) is 0 Å². The molecule has 1 aromatic carbocycles. The van der Waals surface area contributed by atoms with Crippen molar-refractivity contribution in [2.75, 3.05) is 12.4 Å². The predicted octanol–water partition coefficient (Wildman–Crippen LogP) is -4.61. The molecule has 2 heterocycles. The van der Waals surface area contributed by atoms with Crippen LogP contribution < -0.4 is 40.0 Å². The number of nitrogens with one attached hydrogen (secondary N) is 1. The molecule has 2 aliphatic rings. The van der Waals surface area contributed by atoms with Gasteiger partial charge in [-0.15, -0.1) is 0 Å². The summed E-state index contributed by atoms with van der Waals surface area (Å²) in [6, 6.07) is 6.54. The molecule has 2 aliphatic heterocycles. The standard InChI is InChI=1S/C18H18N2O9S.Na/c21-14(7-10-2-1-3-11(6-10)8-19-18(25)26)29-9-12-15(22)20-13(17(23)24)4-5-30(27,28)16(12)20;/h1-4,6,12,16,19H,5,7-9H2,(H,23,24)(H,25,26);/q;+1/p-1/t12-,16+;/m1./s1. The second-order valence-corrected chi connectivity index (χ2v) is 8.89. The van der Waals surface area contributed by atoms with Gasteiger partial charge in [-0.05, 0) is 17.2 Å². The van der Waals surface area contributed by atoms with Crippen LogP contribution in [0.1, 0.15) is 11.1 Å². The Bertz CT molecular complexity index is 1050. The Balaban J connectivity index is 0.00000341.